The van der Waals surface area contributed by atoms with Crippen LogP contribution in [0.25, 0.3) is 0 Å². The molecule has 0 aliphatic heterocycles. The third-order valence-corrected chi connectivity index (χ3v) is 4.89. The predicted octanol–water partition coefficient (Wildman–Crippen LogP) is 3.06. The zero-order valence-electron chi connectivity index (χ0n) is 11.9. The van der Waals surface area contributed by atoms with Crippen LogP contribution in [0.2, 0.25) is 0 Å². The van der Waals surface area contributed by atoms with Crippen LogP contribution in [0.4, 0.5) is 0 Å². The van der Waals surface area contributed by atoms with Crippen LogP contribution in [0.3, 0.4) is 0 Å². The van der Waals surface area contributed by atoms with Gasteiger partial charge in [0.1, 0.15) is 0 Å². The van der Waals surface area contributed by atoms with Crippen LogP contribution in [0.5, 0.6) is 0 Å². The van der Waals surface area contributed by atoms with Crippen molar-refractivity contribution in [1.82, 2.24) is 5.32 Å². The Hall–Kier alpha value is -0.510. The first-order chi connectivity index (χ1) is 9.31. The Bertz CT molecular complexity index is 373. The largest absolute Gasteiger partial charge is 0.330 e. The van der Waals surface area contributed by atoms with E-state index >= 15 is 0 Å². The van der Waals surface area contributed by atoms with Gasteiger partial charge in [0.05, 0.1) is 0 Å². The van der Waals surface area contributed by atoms with Crippen LogP contribution in [-0.2, 0) is 6.42 Å². The van der Waals surface area contributed by atoms with Gasteiger partial charge in [0.15, 0.2) is 0 Å². The van der Waals surface area contributed by atoms with Gasteiger partial charge < -0.3 is 11.1 Å². The van der Waals surface area contributed by atoms with Crippen LogP contribution in [-0.4, -0.2) is 25.4 Å². The lowest BCUT2D eigenvalue weighted by molar-refractivity contribution is 0.298. The number of nitrogens with one attached hydrogen (secondary N) is 1. The Balaban J connectivity index is 1.69. The van der Waals surface area contributed by atoms with Crippen molar-refractivity contribution in [2.45, 2.75) is 43.0 Å². The van der Waals surface area contributed by atoms with E-state index in [1.165, 1.54) is 36.1 Å². The first kappa shape index (κ1) is 14.9. The zero-order chi connectivity index (χ0) is 13.5. The molecule has 0 atom stereocenters. The van der Waals surface area contributed by atoms with E-state index in [9.17, 15) is 0 Å². The number of rotatable bonds is 6. The Labute approximate surface area is 121 Å². The van der Waals surface area contributed by atoms with Gasteiger partial charge >= 0.3 is 0 Å². The molecule has 0 saturated heterocycles. The molecule has 1 saturated carbocycles. The smallest absolute Gasteiger partial charge is 0.00718 e. The van der Waals surface area contributed by atoms with Crippen molar-refractivity contribution in [3.8, 4) is 0 Å². The average molecular weight is 278 g/mol. The maximum atomic E-state index is 5.73. The minimum Gasteiger partial charge on any atom is -0.330 e. The molecule has 19 heavy (non-hydrogen) atoms. The molecule has 1 fully saturated rings. The molecule has 0 bridgehead atoms. The van der Waals surface area contributed by atoms with Crippen molar-refractivity contribution < 1.29 is 0 Å². The van der Waals surface area contributed by atoms with E-state index in [2.05, 4.69) is 35.8 Å². The molecule has 0 unspecified atom stereocenters. The van der Waals surface area contributed by atoms with Gasteiger partial charge in [-0.05, 0) is 75.1 Å². The lowest BCUT2D eigenvalue weighted by Crippen LogP contribution is -2.35. The van der Waals surface area contributed by atoms with E-state index in [0.29, 0.717) is 6.04 Å². The Kier molecular flexibility index (Phi) is 6.21. The van der Waals surface area contributed by atoms with Gasteiger partial charge in [0.25, 0.3) is 0 Å². The number of benzene rings is 1. The van der Waals surface area contributed by atoms with E-state index in [1.54, 1.807) is 0 Å². The van der Waals surface area contributed by atoms with E-state index in [1.807, 2.05) is 11.8 Å². The molecule has 106 valence electrons. The maximum absolute atomic E-state index is 5.73. The molecule has 0 spiro atoms. The second-order valence-corrected chi connectivity index (χ2v) is 6.39. The summed E-state index contributed by atoms with van der Waals surface area (Å²) in [4.78, 5) is 1.36. The van der Waals surface area contributed by atoms with Crippen LogP contribution in [0.15, 0.2) is 29.2 Å². The van der Waals surface area contributed by atoms with Gasteiger partial charge in [-0.2, -0.15) is 0 Å². The van der Waals surface area contributed by atoms with Gasteiger partial charge in [-0.25, -0.2) is 0 Å². The fourth-order valence-corrected chi connectivity index (χ4v) is 3.33. The fourth-order valence-electron chi connectivity index (χ4n) is 2.85. The van der Waals surface area contributed by atoms with Gasteiger partial charge in [0.2, 0.25) is 0 Å². The molecule has 1 aromatic carbocycles. The average Bonchev–Trinajstić information content (AvgIpc) is 2.48. The summed E-state index contributed by atoms with van der Waals surface area (Å²) in [5, 5.41) is 3.70. The van der Waals surface area contributed by atoms with Gasteiger partial charge in [0, 0.05) is 10.9 Å². The lowest BCUT2D eigenvalue weighted by atomic mass is 9.86. The van der Waals surface area contributed by atoms with Crippen molar-refractivity contribution in [2.75, 3.05) is 19.3 Å². The quantitative estimate of drug-likeness (QED) is 0.786. The first-order valence-corrected chi connectivity index (χ1v) is 8.60. The van der Waals surface area contributed by atoms with Gasteiger partial charge in [-0.3, -0.25) is 0 Å². The van der Waals surface area contributed by atoms with Crippen molar-refractivity contribution >= 4 is 11.8 Å². The Morgan fingerprint density at radius 1 is 1.26 bits per heavy atom. The predicted molar refractivity (Wildman–Crippen MR) is 84.7 cm³/mol. The maximum Gasteiger partial charge on any atom is 0.00718 e. The van der Waals surface area contributed by atoms with Crippen LogP contribution < -0.4 is 11.1 Å². The summed E-state index contributed by atoms with van der Waals surface area (Å²) in [7, 11) is 0. The molecule has 2 nitrogen and oxygen atoms in total. The zero-order valence-corrected chi connectivity index (χ0v) is 12.7. The molecule has 3 N–H and O–H groups in total. The van der Waals surface area contributed by atoms with Gasteiger partial charge in [-0.1, -0.05) is 12.1 Å². The molecular formula is C16H26N2S. The fraction of sp³-hybridized carbons (Fsp3) is 0.625. The van der Waals surface area contributed by atoms with Crippen molar-refractivity contribution in [2.24, 2.45) is 11.7 Å². The summed E-state index contributed by atoms with van der Waals surface area (Å²) in [5.74, 6) is 0.774. The van der Waals surface area contributed by atoms with Crippen molar-refractivity contribution in [3.05, 3.63) is 29.8 Å². The van der Waals surface area contributed by atoms with Crippen LogP contribution >= 0.6 is 11.8 Å². The standard InChI is InChI=1S/C16H26N2S/c1-19-16-4-2-3-13(11-16)9-10-18-15-7-5-14(12-17)6-8-15/h2-4,11,14-15,18H,5-10,12,17H2,1H3. The summed E-state index contributed by atoms with van der Waals surface area (Å²) in [6.45, 7) is 1.96. The molecule has 0 amide bonds. The highest BCUT2D eigenvalue weighted by atomic mass is 32.2. The summed E-state index contributed by atoms with van der Waals surface area (Å²) < 4.78 is 0. The normalized spacial score (nSPS) is 23.5. The Morgan fingerprint density at radius 2 is 2.05 bits per heavy atom. The number of thioether (sulfide) groups is 1. The summed E-state index contributed by atoms with van der Waals surface area (Å²) in [6, 6.07) is 9.58. The molecule has 0 radical (unpaired) electrons. The minimum absolute atomic E-state index is 0.714. The third-order valence-electron chi connectivity index (χ3n) is 4.16. The third kappa shape index (κ3) is 4.83. The summed E-state index contributed by atoms with van der Waals surface area (Å²) >= 11 is 1.81. The van der Waals surface area contributed by atoms with Crippen molar-refractivity contribution in [3.63, 3.8) is 0 Å². The molecular weight excluding hydrogens is 252 g/mol. The summed E-state index contributed by atoms with van der Waals surface area (Å²) in [6.07, 6.45) is 8.46. The number of hydrogen-bond acceptors (Lipinski definition) is 3. The lowest BCUT2D eigenvalue weighted by Gasteiger charge is -2.28. The SMILES string of the molecule is CSc1cccc(CCNC2CCC(CN)CC2)c1. The van der Waals surface area contributed by atoms with E-state index in [-0.39, 0.29) is 0 Å². The van der Waals surface area contributed by atoms with Crippen LogP contribution in [0, 0.1) is 5.92 Å². The van der Waals surface area contributed by atoms with Crippen LogP contribution in [0.1, 0.15) is 31.2 Å². The first-order valence-electron chi connectivity index (χ1n) is 7.38. The molecule has 3 heteroatoms. The molecule has 1 aliphatic carbocycles. The highest BCUT2D eigenvalue weighted by Crippen LogP contribution is 2.23. The number of nitrogens with two attached hydrogens (primary N) is 1. The van der Waals surface area contributed by atoms with Gasteiger partial charge in [-0.15, -0.1) is 11.8 Å². The topological polar surface area (TPSA) is 38.0 Å². The molecule has 2 rings (SSSR count). The Morgan fingerprint density at radius 3 is 2.74 bits per heavy atom. The summed E-state index contributed by atoms with van der Waals surface area (Å²) in [5.41, 5.74) is 7.17. The highest BCUT2D eigenvalue weighted by molar-refractivity contribution is 7.98. The second kappa shape index (κ2) is 7.93. The molecule has 0 heterocycles. The van der Waals surface area contributed by atoms with Crippen molar-refractivity contribution in [1.29, 1.82) is 0 Å². The molecule has 1 aliphatic rings. The molecule has 1 aromatic rings. The molecule has 0 aromatic heterocycles. The minimum atomic E-state index is 0.714. The number of hydrogen-bond donors (Lipinski definition) is 2. The highest BCUT2D eigenvalue weighted by Gasteiger charge is 2.19. The second-order valence-electron chi connectivity index (χ2n) is 5.51. The monoisotopic (exact) mass is 278 g/mol. The van der Waals surface area contributed by atoms with E-state index in [4.69, 9.17) is 5.73 Å². The van der Waals surface area contributed by atoms with E-state index < -0.39 is 0 Å². The van der Waals surface area contributed by atoms with E-state index in [0.717, 1.165) is 25.4 Å².